The Bertz CT molecular complexity index is 425. The van der Waals surface area contributed by atoms with E-state index in [1.165, 1.54) is 0 Å². The van der Waals surface area contributed by atoms with Gasteiger partial charge in [0.2, 0.25) is 0 Å². The van der Waals surface area contributed by atoms with Crippen molar-refractivity contribution in [2.45, 2.75) is 71.1 Å². The Kier molecular flexibility index (Phi) is 17.8. The van der Waals surface area contributed by atoms with Crippen LogP contribution in [0, 0.1) is 0 Å². The summed E-state index contributed by atoms with van der Waals surface area (Å²) in [6.07, 6.45) is 31.3. The third-order valence-electron chi connectivity index (χ3n) is 3.45. The topological polar surface area (TPSA) is 37.3 Å². The van der Waals surface area contributed by atoms with Gasteiger partial charge in [0, 0.05) is 6.42 Å². The van der Waals surface area contributed by atoms with E-state index in [-0.39, 0.29) is 0 Å². The van der Waals surface area contributed by atoms with Crippen molar-refractivity contribution in [3.63, 3.8) is 0 Å². The summed E-state index contributed by atoms with van der Waals surface area (Å²) in [6.45, 7) is 2.15. The first-order valence-electron chi connectivity index (χ1n) is 9.27. The lowest BCUT2D eigenvalue weighted by atomic mass is 10.1. The van der Waals surface area contributed by atoms with Gasteiger partial charge in [-0.2, -0.15) is 0 Å². The second-order valence-corrected chi connectivity index (χ2v) is 5.75. The first kappa shape index (κ1) is 22.2. The predicted molar refractivity (Wildman–Crippen MR) is 105 cm³/mol. The Morgan fingerprint density at radius 3 is 1.92 bits per heavy atom. The Balaban J connectivity index is 3.42. The van der Waals surface area contributed by atoms with Gasteiger partial charge in [0.1, 0.15) is 0 Å². The predicted octanol–water partition coefficient (Wildman–Crippen LogP) is 6.77. The van der Waals surface area contributed by atoms with Gasteiger partial charge >= 0.3 is 5.97 Å². The van der Waals surface area contributed by atoms with Crippen LogP contribution >= 0.6 is 0 Å². The highest BCUT2D eigenvalue weighted by molar-refractivity contribution is 5.66. The molecule has 0 spiro atoms. The van der Waals surface area contributed by atoms with E-state index in [1.54, 1.807) is 0 Å². The number of aliphatic carboxylic acids is 1. The Morgan fingerprint density at radius 1 is 0.708 bits per heavy atom. The quantitative estimate of drug-likeness (QED) is 0.204. The molecule has 2 heteroatoms. The van der Waals surface area contributed by atoms with Crippen molar-refractivity contribution in [2.75, 3.05) is 0 Å². The van der Waals surface area contributed by atoms with Crippen molar-refractivity contribution in [3.05, 3.63) is 60.8 Å². The molecule has 0 aromatic carbocycles. The zero-order valence-electron chi connectivity index (χ0n) is 15.2. The number of hydrogen-bond acceptors (Lipinski definition) is 1. The molecule has 0 amide bonds. The van der Waals surface area contributed by atoms with Crippen LogP contribution in [0.4, 0.5) is 0 Å². The number of allylic oxidation sites excluding steroid dienone is 10. The fraction of sp³-hybridized carbons (Fsp3) is 0.500. The molecule has 134 valence electrons. The smallest absolute Gasteiger partial charge is 0.303 e. The summed E-state index contributed by atoms with van der Waals surface area (Å²) in [5, 5.41) is 8.53. The summed E-state index contributed by atoms with van der Waals surface area (Å²) < 4.78 is 0. The van der Waals surface area contributed by atoms with E-state index >= 15 is 0 Å². The molecule has 0 aliphatic rings. The van der Waals surface area contributed by atoms with Crippen LogP contribution < -0.4 is 0 Å². The zero-order valence-corrected chi connectivity index (χ0v) is 15.2. The van der Waals surface area contributed by atoms with E-state index in [2.05, 4.69) is 67.7 Å². The molecule has 0 aromatic heterocycles. The molecule has 0 fully saturated rings. The first-order valence-corrected chi connectivity index (χ1v) is 9.27. The number of carboxylic acids is 1. The highest BCUT2D eigenvalue weighted by Crippen LogP contribution is 2.06. The van der Waals surface area contributed by atoms with Crippen molar-refractivity contribution >= 4 is 5.97 Å². The summed E-state index contributed by atoms with van der Waals surface area (Å²) in [6, 6.07) is 0. The molecule has 2 nitrogen and oxygen atoms in total. The number of unbranched alkanes of at least 4 members (excludes halogenated alkanes) is 5. The fourth-order valence-corrected chi connectivity index (χ4v) is 2.11. The third kappa shape index (κ3) is 20.2. The minimum absolute atomic E-state index is 0.304. The van der Waals surface area contributed by atoms with Crippen LogP contribution in [0.2, 0.25) is 0 Å². The summed E-state index contributed by atoms with van der Waals surface area (Å²) in [7, 11) is 0. The lowest BCUT2D eigenvalue weighted by molar-refractivity contribution is -0.137. The second-order valence-electron chi connectivity index (χ2n) is 5.75. The molecule has 0 radical (unpaired) electrons. The van der Waals surface area contributed by atoms with Crippen molar-refractivity contribution < 1.29 is 9.90 Å². The number of carbonyl (C=O) groups is 1. The average Bonchev–Trinajstić information content (AvgIpc) is 2.56. The van der Waals surface area contributed by atoms with Gasteiger partial charge in [-0.1, -0.05) is 80.5 Å². The molecule has 0 aliphatic heterocycles. The standard InChI is InChI=1S/C22H34O2/c1-2-3-4-5-6-7-8-9-10-11-12-13-14-15-16-17-18-19-20-21-22(23)24/h3-4,6-9,12-15H,2,5,10-11,16-21H2,1H3,(H,23,24)/b4-3+,7-6+,9-8+,13-12+,15-14+. The zero-order chi connectivity index (χ0) is 17.7. The van der Waals surface area contributed by atoms with Gasteiger partial charge in [-0.3, -0.25) is 4.79 Å². The summed E-state index contributed by atoms with van der Waals surface area (Å²) in [5.74, 6) is -0.685. The molecule has 0 aliphatic carbocycles. The number of hydrogen-bond donors (Lipinski definition) is 1. The van der Waals surface area contributed by atoms with E-state index in [1.807, 2.05) is 0 Å². The van der Waals surface area contributed by atoms with Crippen molar-refractivity contribution in [3.8, 4) is 0 Å². The largest absolute Gasteiger partial charge is 0.481 e. The van der Waals surface area contributed by atoms with Crippen LogP contribution in [0.3, 0.4) is 0 Å². The maximum absolute atomic E-state index is 10.4. The van der Waals surface area contributed by atoms with Gasteiger partial charge in [-0.15, -0.1) is 0 Å². The van der Waals surface area contributed by atoms with E-state index in [0.29, 0.717) is 6.42 Å². The van der Waals surface area contributed by atoms with Gasteiger partial charge in [0.25, 0.3) is 0 Å². The highest BCUT2D eigenvalue weighted by atomic mass is 16.4. The Morgan fingerprint density at radius 2 is 1.29 bits per heavy atom. The number of rotatable bonds is 15. The minimum Gasteiger partial charge on any atom is -0.481 e. The molecular formula is C22H34O2. The first-order chi connectivity index (χ1) is 11.8. The lowest BCUT2D eigenvalue weighted by Crippen LogP contribution is -1.93. The minimum atomic E-state index is -0.685. The fourth-order valence-electron chi connectivity index (χ4n) is 2.11. The van der Waals surface area contributed by atoms with Crippen molar-refractivity contribution in [1.29, 1.82) is 0 Å². The lowest BCUT2D eigenvalue weighted by Gasteiger charge is -1.96. The molecule has 0 rings (SSSR count). The summed E-state index contributed by atoms with van der Waals surface area (Å²) in [4.78, 5) is 10.4. The second kappa shape index (κ2) is 19.2. The molecule has 0 saturated carbocycles. The molecular weight excluding hydrogens is 296 g/mol. The molecule has 0 atom stereocenters. The van der Waals surface area contributed by atoms with Gasteiger partial charge in [-0.05, 0) is 44.9 Å². The normalized spacial score (nSPS) is 12.7. The average molecular weight is 331 g/mol. The van der Waals surface area contributed by atoms with Gasteiger partial charge in [0.05, 0.1) is 0 Å². The maximum Gasteiger partial charge on any atom is 0.303 e. The molecule has 0 aromatic rings. The summed E-state index contributed by atoms with van der Waals surface area (Å²) >= 11 is 0. The van der Waals surface area contributed by atoms with Crippen LogP contribution in [-0.4, -0.2) is 11.1 Å². The molecule has 0 saturated heterocycles. The van der Waals surface area contributed by atoms with Gasteiger partial charge < -0.3 is 5.11 Å². The Hall–Kier alpha value is -1.83. The number of carboxylic acid groups (broad SMARTS) is 1. The monoisotopic (exact) mass is 330 g/mol. The Labute approximate surface area is 148 Å². The third-order valence-corrected chi connectivity index (χ3v) is 3.45. The van der Waals surface area contributed by atoms with Gasteiger partial charge in [-0.25, -0.2) is 0 Å². The molecule has 1 N–H and O–H groups in total. The molecule has 24 heavy (non-hydrogen) atoms. The van der Waals surface area contributed by atoms with E-state index in [9.17, 15) is 4.79 Å². The van der Waals surface area contributed by atoms with Crippen molar-refractivity contribution in [1.82, 2.24) is 0 Å². The highest BCUT2D eigenvalue weighted by Gasteiger charge is 1.95. The van der Waals surface area contributed by atoms with Crippen LogP contribution in [0.15, 0.2) is 60.8 Å². The van der Waals surface area contributed by atoms with E-state index in [4.69, 9.17) is 5.11 Å². The van der Waals surface area contributed by atoms with Crippen LogP contribution in [0.5, 0.6) is 0 Å². The molecule has 0 heterocycles. The summed E-state index contributed by atoms with van der Waals surface area (Å²) in [5.41, 5.74) is 0. The maximum atomic E-state index is 10.4. The van der Waals surface area contributed by atoms with E-state index < -0.39 is 5.97 Å². The van der Waals surface area contributed by atoms with Crippen LogP contribution in [-0.2, 0) is 4.79 Å². The molecule has 0 bridgehead atoms. The van der Waals surface area contributed by atoms with Crippen molar-refractivity contribution in [2.24, 2.45) is 0 Å². The SMILES string of the molecule is CC/C=C/C/C=C/C=C/CC/C=C/C=C/CCCCCCC(=O)O. The van der Waals surface area contributed by atoms with E-state index in [0.717, 1.165) is 57.8 Å². The van der Waals surface area contributed by atoms with Crippen LogP contribution in [0.1, 0.15) is 71.1 Å². The molecule has 0 unspecified atom stereocenters. The van der Waals surface area contributed by atoms with Crippen LogP contribution in [0.25, 0.3) is 0 Å². The van der Waals surface area contributed by atoms with Gasteiger partial charge in [0.15, 0.2) is 0 Å².